The molecule has 16 heavy (non-hydrogen) atoms. The fourth-order valence-electron chi connectivity index (χ4n) is 2.05. The second-order valence-corrected chi connectivity index (χ2v) is 5.84. The van der Waals surface area contributed by atoms with Crippen LogP contribution >= 0.6 is 27.3 Å². The molecule has 0 spiro atoms. The van der Waals surface area contributed by atoms with Crippen molar-refractivity contribution < 1.29 is 0 Å². The molecular weight excluding hydrogens is 280 g/mol. The first-order chi connectivity index (χ1) is 7.79. The molecule has 0 radical (unpaired) electrons. The quantitative estimate of drug-likeness (QED) is 0.564. The lowest BCUT2D eigenvalue weighted by Crippen LogP contribution is -1.77. The monoisotopic (exact) mass is 290 g/mol. The molecule has 3 rings (SSSR count). The highest BCUT2D eigenvalue weighted by Gasteiger charge is 2.07. The van der Waals surface area contributed by atoms with Crippen LogP contribution in [0, 0.1) is 0 Å². The van der Waals surface area contributed by atoms with Crippen LogP contribution in [0.2, 0.25) is 0 Å². The number of aryl methyl sites for hydroxylation is 1. The SMILES string of the molecule is CCc1ccc2sc3cccc(Br)c3c2c1. The minimum atomic E-state index is 1.09. The molecule has 0 fully saturated rings. The average molecular weight is 291 g/mol. The van der Waals surface area contributed by atoms with E-state index in [1.807, 2.05) is 11.3 Å². The second-order valence-electron chi connectivity index (χ2n) is 3.90. The summed E-state index contributed by atoms with van der Waals surface area (Å²) in [6, 6.07) is 13.2. The van der Waals surface area contributed by atoms with Gasteiger partial charge in [0.15, 0.2) is 0 Å². The summed E-state index contributed by atoms with van der Waals surface area (Å²) in [6.07, 6.45) is 1.09. The standard InChI is InChI=1S/C14H11BrS/c1-2-9-6-7-12-10(8-9)14-11(15)4-3-5-13(14)16-12/h3-8H,2H2,1H3. The van der Waals surface area contributed by atoms with Crippen LogP contribution in [0.25, 0.3) is 20.2 Å². The molecule has 1 heterocycles. The summed E-state index contributed by atoms with van der Waals surface area (Å²) in [4.78, 5) is 0. The number of halogens is 1. The molecule has 0 aliphatic rings. The van der Waals surface area contributed by atoms with Crippen molar-refractivity contribution in [2.45, 2.75) is 13.3 Å². The van der Waals surface area contributed by atoms with Crippen molar-refractivity contribution in [2.24, 2.45) is 0 Å². The van der Waals surface area contributed by atoms with Crippen LogP contribution in [0.3, 0.4) is 0 Å². The molecule has 2 heteroatoms. The van der Waals surface area contributed by atoms with E-state index in [4.69, 9.17) is 0 Å². The number of hydrogen-bond acceptors (Lipinski definition) is 1. The van der Waals surface area contributed by atoms with Gasteiger partial charge in [-0.15, -0.1) is 11.3 Å². The van der Waals surface area contributed by atoms with Crippen LogP contribution < -0.4 is 0 Å². The van der Waals surface area contributed by atoms with Crippen molar-refractivity contribution in [2.75, 3.05) is 0 Å². The zero-order valence-electron chi connectivity index (χ0n) is 8.96. The number of rotatable bonds is 1. The predicted molar refractivity (Wildman–Crippen MR) is 76.4 cm³/mol. The smallest absolute Gasteiger partial charge is 0.0366 e. The van der Waals surface area contributed by atoms with Crippen molar-refractivity contribution in [1.82, 2.24) is 0 Å². The van der Waals surface area contributed by atoms with Gasteiger partial charge in [0, 0.05) is 24.6 Å². The number of hydrogen-bond donors (Lipinski definition) is 0. The van der Waals surface area contributed by atoms with Crippen LogP contribution in [0.15, 0.2) is 40.9 Å². The molecule has 0 nitrogen and oxygen atoms in total. The van der Waals surface area contributed by atoms with Gasteiger partial charge in [-0.25, -0.2) is 0 Å². The molecule has 0 aliphatic carbocycles. The van der Waals surface area contributed by atoms with Crippen LogP contribution in [0.1, 0.15) is 12.5 Å². The molecule has 0 saturated carbocycles. The third kappa shape index (κ3) is 1.48. The third-order valence-corrected chi connectivity index (χ3v) is 4.71. The van der Waals surface area contributed by atoms with Gasteiger partial charge in [0.2, 0.25) is 0 Å². The molecule has 1 aromatic heterocycles. The first kappa shape index (κ1) is 10.3. The Labute approximate surface area is 107 Å². The summed E-state index contributed by atoms with van der Waals surface area (Å²) in [6.45, 7) is 2.20. The Kier molecular flexibility index (Phi) is 2.49. The number of fused-ring (bicyclic) bond motifs is 3. The first-order valence-corrected chi connectivity index (χ1v) is 7.00. The van der Waals surface area contributed by atoms with E-state index < -0.39 is 0 Å². The Morgan fingerprint density at radius 2 is 2.00 bits per heavy atom. The highest BCUT2D eigenvalue weighted by Crippen LogP contribution is 2.38. The van der Waals surface area contributed by atoms with Gasteiger partial charge in [0.25, 0.3) is 0 Å². The number of thiophene rings is 1. The van der Waals surface area contributed by atoms with E-state index in [2.05, 4.69) is 59.3 Å². The van der Waals surface area contributed by atoms with E-state index in [1.165, 1.54) is 30.2 Å². The van der Waals surface area contributed by atoms with E-state index >= 15 is 0 Å². The van der Waals surface area contributed by atoms with Crippen LogP contribution in [-0.2, 0) is 6.42 Å². The first-order valence-electron chi connectivity index (χ1n) is 5.39. The summed E-state index contributed by atoms with van der Waals surface area (Å²) in [7, 11) is 0. The minimum Gasteiger partial charge on any atom is -0.135 e. The molecule has 0 unspecified atom stereocenters. The predicted octanol–water partition coefficient (Wildman–Crippen LogP) is 5.38. The van der Waals surface area contributed by atoms with Crippen LogP contribution in [0.5, 0.6) is 0 Å². The van der Waals surface area contributed by atoms with E-state index in [-0.39, 0.29) is 0 Å². The largest absolute Gasteiger partial charge is 0.135 e. The summed E-state index contributed by atoms with van der Waals surface area (Å²) in [5.41, 5.74) is 1.41. The Morgan fingerprint density at radius 3 is 2.81 bits per heavy atom. The maximum Gasteiger partial charge on any atom is 0.0366 e. The molecule has 0 saturated heterocycles. The van der Waals surface area contributed by atoms with Crippen molar-refractivity contribution >= 4 is 47.4 Å². The van der Waals surface area contributed by atoms with Gasteiger partial charge < -0.3 is 0 Å². The highest BCUT2D eigenvalue weighted by atomic mass is 79.9. The molecule has 0 atom stereocenters. The summed E-state index contributed by atoms with van der Waals surface area (Å²) in [5.74, 6) is 0. The number of benzene rings is 2. The topological polar surface area (TPSA) is 0 Å². The average Bonchev–Trinajstić information content (AvgIpc) is 2.67. The van der Waals surface area contributed by atoms with Crippen molar-refractivity contribution in [3.05, 3.63) is 46.4 Å². The van der Waals surface area contributed by atoms with Gasteiger partial charge >= 0.3 is 0 Å². The Bertz CT molecular complexity index is 667. The second kappa shape index (κ2) is 3.86. The van der Waals surface area contributed by atoms with Gasteiger partial charge in [-0.05, 0) is 36.2 Å². The van der Waals surface area contributed by atoms with E-state index in [1.54, 1.807) is 0 Å². The van der Waals surface area contributed by atoms with E-state index in [9.17, 15) is 0 Å². The van der Waals surface area contributed by atoms with Gasteiger partial charge in [-0.3, -0.25) is 0 Å². The van der Waals surface area contributed by atoms with Crippen molar-refractivity contribution in [3.63, 3.8) is 0 Å². The van der Waals surface area contributed by atoms with Gasteiger partial charge in [0.05, 0.1) is 0 Å². The minimum absolute atomic E-state index is 1.09. The molecule has 3 aromatic rings. The molecule has 0 N–H and O–H groups in total. The molecule has 2 aromatic carbocycles. The van der Waals surface area contributed by atoms with Crippen molar-refractivity contribution in [1.29, 1.82) is 0 Å². The zero-order chi connectivity index (χ0) is 11.1. The fourth-order valence-corrected chi connectivity index (χ4v) is 3.87. The van der Waals surface area contributed by atoms with E-state index in [0.29, 0.717) is 0 Å². The summed E-state index contributed by atoms with van der Waals surface area (Å²) >= 11 is 5.52. The van der Waals surface area contributed by atoms with Gasteiger partial charge in [-0.1, -0.05) is 35.0 Å². The Morgan fingerprint density at radius 1 is 1.12 bits per heavy atom. The Balaban J connectivity index is 2.50. The summed E-state index contributed by atoms with van der Waals surface area (Å²) < 4.78 is 3.93. The van der Waals surface area contributed by atoms with Crippen LogP contribution in [0.4, 0.5) is 0 Å². The lowest BCUT2D eigenvalue weighted by molar-refractivity contribution is 1.15. The van der Waals surface area contributed by atoms with Crippen LogP contribution in [-0.4, -0.2) is 0 Å². The van der Waals surface area contributed by atoms with E-state index in [0.717, 1.165) is 6.42 Å². The molecule has 0 bridgehead atoms. The molecule has 0 amide bonds. The lowest BCUT2D eigenvalue weighted by Gasteiger charge is -1.98. The van der Waals surface area contributed by atoms with Gasteiger partial charge in [-0.2, -0.15) is 0 Å². The Hall–Kier alpha value is -0.860. The third-order valence-electron chi connectivity index (χ3n) is 2.92. The highest BCUT2D eigenvalue weighted by molar-refractivity contribution is 9.10. The zero-order valence-corrected chi connectivity index (χ0v) is 11.4. The normalized spacial score (nSPS) is 11.4. The molecular formula is C14H11BrS. The summed E-state index contributed by atoms with van der Waals surface area (Å²) in [5, 5.41) is 2.74. The lowest BCUT2D eigenvalue weighted by atomic mass is 10.1. The molecule has 80 valence electrons. The van der Waals surface area contributed by atoms with Gasteiger partial charge in [0.1, 0.15) is 0 Å². The molecule has 0 aliphatic heterocycles. The van der Waals surface area contributed by atoms with Crippen molar-refractivity contribution in [3.8, 4) is 0 Å². The maximum atomic E-state index is 3.65. The fraction of sp³-hybridized carbons (Fsp3) is 0.143. The maximum absolute atomic E-state index is 3.65.